The van der Waals surface area contributed by atoms with Crippen LogP contribution in [0.3, 0.4) is 0 Å². The van der Waals surface area contributed by atoms with Crippen LogP contribution < -0.4 is 15.4 Å². The van der Waals surface area contributed by atoms with Gasteiger partial charge in [-0.05, 0) is 35.9 Å². The van der Waals surface area contributed by atoms with Gasteiger partial charge in [-0.1, -0.05) is 17.7 Å². The van der Waals surface area contributed by atoms with Crippen molar-refractivity contribution in [3.8, 4) is 5.75 Å². The number of urea groups is 1. The van der Waals surface area contributed by atoms with Gasteiger partial charge in [-0.3, -0.25) is 0 Å². The molecule has 0 radical (unpaired) electrons. The van der Waals surface area contributed by atoms with E-state index >= 15 is 0 Å². The van der Waals surface area contributed by atoms with Crippen molar-refractivity contribution in [1.82, 2.24) is 5.32 Å². The van der Waals surface area contributed by atoms with E-state index in [9.17, 15) is 22.4 Å². The van der Waals surface area contributed by atoms with Gasteiger partial charge in [-0.2, -0.15) is 13.2 Å². The average Bonchev–Trinajstić information content (AvgIpc) is 2.62. The summed E-state index contributed by atoms with van der Waals surface area (Å²) in [5.41, 5.74) is -1.09. The minimum absolute atomic E-state index is 0.242. The lowest BCUT2D eigenvalue weighted by Crippen LogP contribution is -2.29. The van der Waals surface area contributed by atoms with Gasteiger partial charge in [0.2, 0.25) is 0 Å². The lowest BCUT2D eigenvalue weighted by atomic mass is 10.1. The van der Waals surface area contributed by atoms with Gasteiger partial charge in [0.25, 0.3) is 0 Å². The number of hydrogen-bond donors (Lipinski definition) is 2. The third-order valence-corrected chi connectivity index (χ3v) is 3.85. The lowest BCUT2D eigenvalue weighted by Gasteiger charge is -2.14. The van der Waals surface area contributed by atoms with Crippen molar-refractivity contribution in [3.05, 3.63) is 58.4 Å². The summed E-state index contributed by atoms with van der Waals surface area (Å²) in [6, 6.07) is 6.00. The standard InChI is InChI=1S/C18H17ClF4N2O3/c1-27-6-7-28-16-5-4-13(9-15(16)19)25-17(26)24-10-11-2-3-12(20)8-14(11)18(21,22)23/h2-5,8-9H,6-7,10H2,1H3,(H2,24,25,26). The third-order valence-electron chi connectivity index (χ3n) is 3.55. The molecule has 2 aromatic rings. The van der Waals surface area contributed by atoms with Crippen LogP contribution >= 0.6 is 11.6 Å². The first-order chi connectivity index (χ1) is 13.2. The normalized spacial score (nSPS) is 11.2. The Kier molecular flexibility index (Phi) is 7.47. The molecule has 0 heterocycles. The zero-order chi connectivity index (χ0) is 20.7. The van der Waals surface area contributed by atoms with Gasteiger partial charge in [-0.15, -0.1) is 0 Å². The Hall–Kier alpha value is -2.52. The lowest BCUT2D eigenvalue weighted by molar-refractivity contribution is -0.138. The molecule has 10 heteroatoms. The van der Waals surface area contributed by atoms with Crippen molar-refractivity contribution in [3.63, 3.8) is 0 Å². The third kappa shape index (κ3) is 6.28. The zero-order valence-corrected chi connectivity index (χ0v) is 15.5. The highest BCUT2D eigenvalue weighted by Crippen LogP contribution is 2.32. The number of hydrogen-bond acceptors (Lipinski definition) is 3. The highest BCUT2D eigenvalue weighted by molar-refractivity contribution is 6.32. The smallest absolute Gasteiger partial charge is 0.416 e. The van der Waals surface area contributed by atoms with Gasteiger partial charge in [0.05, 0.1) is 17.2 Å². The molecule has 2 amide bonds. The molecule has 0 aromatic heterocycles. The van der Waals surface area contributed by atoms with Crippen LogP contribution in [-0.2, 0) is 17.5 Å². The van der Waals surface area contributed by atoms with E-state index in [1.54, 1.807) is 0 Å². The number of amides is 2. The maximum absolute atomic E-state index is 13.1. The van der Waals surface area contributed by atoms with Gasteiger partial charge in [0.15, 0.2) is 0 Å². The molecule has 2 rings (SSSR count). The second kappa shape index (κ2) is 9.61. The number of alkyl halides is 3. The van der Waals surface area contributed by atoms with E-state index < -0.39 is 30.1 Å². The predicted molar refractivity (Wildman–Crippen MR) is 96.1 cm³/mol. The molecule has 5 nitrogen and oxygen atoms in total. The first-order valence-corrected chi connectivity index (χ1v) is 8.40. The van der Waals surface area contributed by atoms with Crippen LogP contribution in [0.1, 0.15) is 11.1 Å². The Bertz CT molecular complexity index is 831. The molecule has 0 fully saturated rings. The quantitative estimate of drug-likeness (QED) is 0.497. The molecule has 152 valence electrons. The van der Waals surface area contributed by atoms with Gasteiger partial charge < -0.3 is 20.1 Å². The van der Waals surface area contributed by atoms with Crippen LogP contribution in [0.15, 0.2) is 36.4 Å². The summed E-state index contributed by atoms with van der Waals surface area (Å²) in [6.07, 6.45) is -4.73. The fourth-order valence-corrected chi connectivity index (χ4v) is 2.48. The second-order valence-electron chi connectivity index (χ2n) is 5.59. The van der Waals surface area contributed by atoms with Gasteiger partial charge >= 0.3 is 12.2 Å². The topological polar surface area (TPSA) is 59.6 Å². The van der Waals surface area contributed by atoms with Crippen LogP contribution in [0.4, 0.5) is 28.0 Å². The van der Waals surface area contributed by atoms with Gasteiger partial charge in [0.1, 0.15) is 18.2 Å². The summed E-state index contributed by atoms with van der Waals surface area (Å²) >= 11 is 6.05. The Labute approximate surface area is 163 Å². The molecular formula is C18H17ClF4N2O3. The molecule has 0 saturated carbocycles. The summed E-state index contributed by atoms with van der Waals surface area (Å²) in [5, 5.41) is 4.98. The number of halogens is 5. The summed E-state index contributed by atoms with van der Waals surface area (Å²) in [5.74, 6) is -0.617. The number of nitrogens with one attached hydrogen (secondary N) is 2. The fraction of sp³-hybridized carbons (Fsp3) is 0.278. The van der Waals surface area contributed by atoms with Crippen LogP contribution in [0.2, 0.25) is 5.02 Å². The molecule has 0 spiro atoms. The number of ether oxygens (including phenoxy) is 2. The molecule has 0 saturated heterocycles. The summed E-state index contributed by atoms with van der Waals surface area (Å²) in [6.45, 7) is 0.234. The highest BCUT2D eigenvalue weighted by atomic mass is 35.5. The van der Waals surface area contributed by atoms with Crippen molar-refractivity contribution in [2.45, 2.75) is 12.7 Å². The Morgan fingerprint density at radius 1 is 1.14 bits per heavy atom. The number of methoxy groups -OCH3 is 1. The largest absolute Gasteiger partial charge is 0.490 e. The van der Waals surface area contributed by atoms with Crippen molar-refractivity contribution in [2.24, 2.45) is 0 Å². The van der Waals surface area contributed by atoms with E-state index in [2.05, 4.69) is 10.6 Å². The number of carbonyl (C=O) groups is 1. The monoisotopic (exact) mass is 420 g/mol. The molecule has 2 N–H and O–H groups in total. The molecule has 0 aliphatic rings. The Morgan fingerprint density at radius 2 is 1.89 bits per heavy atom. The average molecular weight is 421 g/mol. The minimum atomic E-state index is -4.73. The Morgan fingerprint density at radius 3 is 2.54 bits per heavy atom. The summed E-state index contributed by atoms with van der Waals surface area (Å²) in [4.78, 5) is 12.0. The molecule has 0 aliphatic heterocycles. The number of benzene rings is 2. The van der Waals surface area contributed by atoms with Crippen LogP contribution in [0.25, 0.3) is 0 Å². The highest BCUT2D eigenvalue weighted by Gasteiger charge is 2.33. The molecule has 0 aliphatic carbocycles. The van der Waals surface area contributed by atoms with Crippen molar-refractivity contribution < 1.29 is 31.8 Å². The van der Waals surface area contributed by atoms with Crippen molar-refractivity contribution in [2.75, 3.05) is 25.6 Å². The van der Waals surface area contributed by atoms with E-state index in [0.717, 1.165) is 12.1 Å². The zero-order valence-electron chi connectivity index (χ0n) is 14.7. The molecule has 0 unspecified atom stereocenters. The van der Waals surface area contributed by atoms with E-state index in [4.69, 9.17) is 21.1 Å². The first-order valence-electron chi connectivity index (χ1n) is 8.02. The van der Waals surface area contributed by atoms with Crippen molar-refractivity contribution >= 4 is 23.3 Å². The maximum Gasteiger partial charge on any atom is 0.416 e. The molecule has 2 aromatic carbocycles. The summed E-state index contributed by atoms with van der Waals surface area (Å²) < 4.78 is 62.2. The molecule has 0 atom stereocenters. The maximum atomic E-state index is 13.1. The first kappa shape index (κ1) is 21.8. The fourth-order valence-electron chi connectivity index (χ4n) is 2.25. The van der Waals surface area contributed by atoms with Gasteiger partial charge in [-0.25, -0.2) is 9.18 Å². The molecule has 28 heavy (non-hydrogen) atoms. The second-order valence-corrected chi connectivity index (χ2v) is 6.00. The minimum Gasteiger partial charge on any atom is -0.490 e. The Balaban J connectivity index is 1.97. The van der Waals surface area contributed by atoms with E-state index in [-0.39, 0.29) is 10.6 Å². The van der Waals surface area contributed by atoms with Crippen molar-refractivity contribution in [1.29, 1.82) is 0 Å². The molecule has 0 bridgehead atoms. The van der Waals surface area contributed by atoms with E-state index in [1.165, 1.54) is 25.3 Å². The predicted octanol–water partition coefficient (Wildman–Crippen LogP) is 4.84. The SMILES string of the molecule is COCCOc1ccc(NC(=O)NCc2ccc(F)cc2C(F)(F)F)cc1Cl. The van der Waals surface area contributed by atoms with Crippen LogP contribution in [0.5, 0.6) is 5.75 Å². The number of rotatable bonds is 7. The van der Waals surface area contributed by atoms with E-state index in [1.807, 2.05) is 0 Å². The van der Waals surface area contributed by atoms with Gasteiger partial charge in [0, 0.05) is 19.3 Å². The van der Waals surface area contributed by atoms with Crippen LogP contribution in [0, 0.1) is 5.82 Å². The number of carbonyl (C=O) groups excluding carboxylic acids is 1. The summed E-state index contributed by atoms with van der Waals surface area (Å²) in [7, 11) is 1.53. The van der Waals surface area contributed by atoms with Crippen LogP contribution in [-0.4, -0.2) is 26.4 Å². The molecular weight excluding hydrogens is 404 g/mol. The number of anilines is 1. The van der Waals surface area contributed by atoms with E-state index in [0.29, 0.717) is 30.7 Å².